The zero-order valence-corrected chi connectivity index (χ0v) is 28.7. The summed E-state index contributed by atoms with van der Waals surface area (Å²) in [6.07, 6.45) is 1.29. The summed E-state index contributed by atoms with van der Waals surface area (Å²) in [7, 11) is 3.52. The van der Waals surface area contributed by atoms with Crippen LogP contribution in [0.4, 0.5) is 8.78 Å². The van der Waals surface area contributed by atoms with Crippen LogP contribution in [-0.4, -0.2) is 89.4 Å². The molecule has 1 atom stereocenters. The van der Waals surface area contributed by atoms with Gasteiger partial charge in [-0.05, 0) is 49.7 Å². The van der Waals surface area contributed by atoms with Crippen LogP contribution in [0.5, 0.6) is 5.75 Å². The van der Waals surface area contributed by atoms with Gasteiger partial charge in [0, 0.05) is 65.7 Å². The Bertz CT molecular complexity index is 2120. The van der Waals surface area contributed by atoms with Gasteiger partial charge >= 0.3 is 0 Å². The number of nitrogens with one attached hydrogen (secondary N) is 1. The predicted molar refractivity (Wildman–Crippen MR) is 188 cm³/mol. The Balaban J connectivity index is 1.43. The van der Waals surface area contributed by atoms with Crippen molar-refractivity contribution in [3.05, 3.63) is 89.5 Å². The largest absolute Gasteiger partial charge is 0.490 e. The lowest BCUT2D eigenvalue weighted by Gasteiger charge is -2.36. The molecule has 0 aliphatic carbocycles. The fourth-order valence-corrected chi connectivity index (χ4v) is 7.66. The molecule has 2 aliphatic rings. The zero-order valence-electron chi connectivity index (χ0n) is 27.9. The third kappa shape index (κ3) is 6.16. The molecule has 50 heavy (non-hydrogen) atoms. The first-order chi connectivity index (χ1) is 24.2. The highest BCUT2D eigenvalue weighted by molar-refractivity contribution is 7.18. The fourth-order valence-electron chi connectivity index (χ4n) is 6.71. The lowest BCUT2D eigenvalue weighted by atomic mass is 9.95. The van der Waals surface area contributed by atoms with Crippen molar-refractivity contribution in [1.82, 2.24) is 29.9 Å². The number of likely N-dealkylation sites (tertiary alicyclic amines) is 1. The second-order valence-corrected chi connectivity index (χ2v) is 13.4. The molecule has 3 aromatic heterocycles. The van der Waals surface area contributed by atoms with Gasteiger partial charge in [-0.1, -0.05) is 18.7 Å². The molecule has 13 heteroatoms. The number of ether oxygens (including phenoxy) is 2. The molecule has 258 valence electrons. The van der Waals surface area contributed by atoms with Crippen molar-refractivity contribution in [2.24, 2.45) is 0 Å². The number of likely N-dealkylation sites (N-methyl/N-ethyl adjacent to an activating group) is 1. The normalized spacial score (nSPS) is 16.3. The summed E-state index contributed by atoms with van der Waals surface area (Å²) in [4.78, 5) is 34.9. The minimum absolute atomic E-state index is 0.00505. The van der Waals surface area contributed by atoms with E-state index in [1.165, 1.54) is 24.5 Å². The van der Waals surface area contributed by atoms with Gasteiger partial charge in [0.2, 0.25) is 5.91 Å². The summed E-state index contributed by atoms with van der Waals surface area (Å²) in [5.74, 6) is -1.96. The second-order valence-electron chi connectivity index (χ2n) is 12.5. The lowest BCUT2D eigenvalue weighted by Crippen LogP contribution is -2.57. The van der Waals surface area contributed by atoms with Gasteiger partial charge in [0.15, 0.2) is 0 Å². The number of methoxy groups -OCH3 is 1. The van der Waals surface area contributed by atoms with Gasteiger partial charge in [-0.3, -0.25) is 14.3 Å². The molecule has 1 saturated heterocycles. The van der Waals surface area contributed by atoms with Gasteiger partial charge in [-0.2, -0.15) is 5.10 Å². The maximum absolute atomic E-state index is 16.1. The molecule has 2 aromatic carbocycles. The summed E-state index contributed by atoms with van der Waals surface area (Å²) in [5, 5.41) is 10.6. The number of aromatic nitrogens is 3. The maximum Gasteiger partial charge on any atom is 0.251 e. The Kier molecular flexibility index (Phi) is 9.21. The van der Waals surface area contributed by atoms with Gasteiger partial charge < -0.3 is 24.6 Å². The Morgan fingerprint density at radius 1 is 1.08 bits per heavy atom. The minimum Gasteiger partial charge on any atom is -0.490 e. The van der Waals surface area contributed by atoms with Gasteiger partial charge in [0.05, 0.1) is 42.2 Å². The van der Waals surface area contributed by atoms with E-state index in [1.807, 2.05) is 48.3 Å². The van der Waals surface area contributed by atoms with Crippen molar-refractivity contribution < 1.29 is 27.8 Å². The van der Waals surface area contributed by atoms with Gasteiger partial charge in [-0.15, -0.1) is 11.3 Å². The van der Waals surface area contributed by atoms with E-state index in [0.29, 0.717) is 51.6 Å². The molecule has 0 saturated carbocycles. The van der Waals surface area contributed by atoms with E-state index < -0.39 is 11.6 Å². The first-order valence-corrected chi connectivity index (χ1v) is 17.2. The number of rotatable bonds is 10. The molecule has 0 radical (unpaired) electrons. The van der Waals surface area contributed by atoms with Crippen LogP contribution < -0.4 is 10.1 Å². The molecule has 1 unspecified atom stereocenters. The minimum atomic E-state index is -0.816. The third-order valence-electron chi connectivity index (χ3n) is 9.18. The van der Waals surface area contributed by atoms with E-state index >= 15 is 4.39 Å². The highest BCUT2D eigenvalue weighted by Gasteiger charge is 2.32. The molecule has 0 bridgehead atoms. The van der Waals surface area contributed by atoms with Crippen LogP contribution in [0.25, 0.3) is 43.9 Å². The Hall–Kier alpha value is -4.98. The van der Waals surface area contributed by atoms with Crippen LogP contribution in [-0.2, 0) is 16.1 Å². The second kappa shape index (κ2) is 13.7. The standard InChI is InChI=1S/C37H36F2N6O4S/c1-5-31(46)44-10-11-45-29(21(44)2)18-28(42-45)35-33(32-27(39)16-24(38)17-30(32)49-13-12-48-4)36-26(9-14-50-36)34(41-35)22-7-6-8-23(15-22)37(47)40-25-19-43(3)20-25/h5-9,14-18,21,25H,1,10-13,19-20H2,2-4H3,(H,40,47). The van der Waals surface area contributed by atoms with E-state index in [4.69, 9.17) is 19.6 Å². The summed E-state index contributed by atoms with van der Waals surface area (Å²) < 4.78 is 44.4. The number of pyridine rings is 1. The molecule has 2 amide bonds. The highest BCUT2D eigenvalue weighted by atomic mass is 32.1. The number of nitrogens with zero attached hydrogens (tertiary/aromatic N) is 5. The number of carbonyl (C=O) groups excluding carboxylic acids is 2. The van der Waals surface area contributed by atoms with Crippen LogP contribution in [0.3, 0.4) is 0 Å². The molecule has 1 N–H and O–H groups in total. The number of amides is 2. The van der Waals surface area contributed by atoms with E-state index in [0.717, 1.165) is 36.3 Å². The van der Waals surface area contributed by atoms with E-state index in [2.05, 4.69) is 16.8 Å². The number of thiophene rings is 1. The zero-order chi connectivity index (χ0) is 35.1. The summed E-state index contributed by atoms with van der Waals surface area (Å²) in [6, 6.07) is 12.8. The number of hydrogen-bond acceptors (Lipinski definition) is 8. The van der Waals surface area contributed by atoms with Gasteiger partial charge in [-0.25, -0.2) is 13.8 Å². The smallest absolute Gasteiger partial charge is 0.251 e. The van der Waals surface area contributed by atoms with Crippen molar-refractivity contribution in [2.45, 2.75) is 25.6 Å². The quantitative estimate of drug-likeness (QED) is 0.143. The van der Waals surface area contributed by atoms with Crippen molar-refractivity contribution in [3.8, 4) is 39.5 Å². The molecule has 10 nitrogen and oxygen atoms in total. The van der Waals surface area contributed by atoms with E-state index in [1.54, 1.807) is 17.0 Å². The average molecular weight is 699 g/mol. The number of benzene rings is 2. The SMILES string of the molecule is C=CC(=O)N1CCn2nc(-c3nc(-c4cccc(C(=O)NC5CN(C)C5)c4)c4ccsc4c3-c3c(F)cc(F)cc3OCCOC)cc2C1C. The monoisotopic (exact) mass is 698 g/mol. The maximum atomic E-state index is 16.1. The first kappa shape index (κ1) is 33.5. The predicted octanol–water partition coefficient (Wildman–Crippen LogP) is 5.93. The summed E-state index contributed by atoms with van der Waals surface area (Å²) in [5.41, 5.74) is 3.77. The Morgan fingerprint density at radius 3 is 2.66 bits per heavy atom. The summed E-state index contributed by atoms with van der Waals surface area (Å²) in [6.45, 7) is 8.29. The van der Waals surface area contributed by atoms with Gasteiger partial charge in [0.1, 0.15) is 35.4 Å². The van der Waals surface area contributed by atoms with Crippen molar-refractivity contribution in [3.63, 3.8) is 0 Å². The number of hydrogen-bond donors (Lipinski definition) is 1. The van der Waals surface area contributed by atoms with Crippen molar-refractivity contribution in [2.75, 3.05) is 47.0 Å². The van der Waals surface area contributed by atoms with Crippen LogP contribution in [0.15, 0.2) is 66.6 Å². The molecule has 0 spiro atoms. The van der Waals surface area contributed by atoms with Crippen LogP contribution >= 0.6 is 11.3 Å². The van der Waals surface area contributed by atoms with Crippen LogP contribution in [0, 0.1) is 11.6 Å². The number of carbonyl (C=O) groups is 2. The topological polar surface area (TPSA) is 102 Å². The molecule has 7 rings (SSSR count). The summed E-state index contributed by atoms with van der Waals surface area (Å²) >= 11 is 1.39. The van der Waals surface area contributed by atoms with Crippen LogP contribution in [0.2, 0.25) is 0 Å². The lowest BCUT2D eigenvalue weighted by molar-refractivity contribution is -0.129. The molecule has 5 aromatic rings. The van der Waals surface area contributed by atoms with Crippen LogP contribution in [0.1, 0.15) is 29.0 Å². The van der Waals surface area contributed by atoms with Crippen molar-refractivity contribution >= 4 is 33.2 Å². The van der Waals surface area contributed by atoms with Gasteiger partial charge in [0.25, 0.3) is 5.91 Å². The molecule has 5 heterocycles. The first-order valence-electron chi connectivity index (χ1n) is 16.3. The molecule has 1 fully saturated rings. The number of halogens is 2. The molecule has 2 aliphatic heterocycles. The third-order valence-corrected chi connectivity index (χ3v) is 10.1. The average Bonchev–Trinajstić information content (AvgIpc) is 3.76. The fraction of sp³-hybridized carbons (Fsp3) is 0.297. The highest BCUT2D eigenvalue weighted by Crippen LogP contribution is 2.47. The Labute approximate surface area is 291 Å². The molecular formula is C37H36F2N6O4S. The van der Waals surface area contributed by atoms with E-state index in [-0.39, 0.29) is 48.4 Å². The Morgan fingerprint density at radius 2 is 1.90 bits per heavy atom. The van der Waals surface area contributed by atoms with E-state index in [9.17, 15) is 14.0 Å². The van der Waals surface area contributed by atoms with Crippen molar-refractivity contribution in [1.29, 1.82) is 0 Å². The molecular weight excluding hydrogens is 663 g/mol. The number of fused-ring (bicyclic) bond motifs is 2.